The predicted molar refractivity (Wildman–Crippen MR) is 106 cm³/mol. The molecule has 5 rings (SSSR count). The molecule has 0 radical (unpaired) electrons. The van der Waals surface area contributed by atoms with Crippen molar-refractivity contribution in [1.82, 2.24) is 24.7 Å². The lowest BCUT2D eigenvalue weighted by atomic mass is 10.1. The number of piperazine rings is 1. The fourth-order valence-electron chi connectivity index (χ4n) is 4.34. The van der Waals surface area contributed by atoms with E-state index in [1.165, 1.54) is 4.90 Å². The summed E-state index contributed by atoms with van der Waals surface area (Å²) >= 11 is 6.34. The number of hydrogen-bond donors (Lipinski definition) is 1. The van der Waals surface area contributed by atoms with Gasteiger partial charge in [-0.05, 0) is 36.5 Å². The van der Waals surface area contributed by atoms with E-state index < -0.39 is 17.8 Å². The van der Waals surface area contributed by atoms with Crippen molar-refractivity contribution in [2.45, 2.75) is 37.4 Å². The summed E-state index contributed by atoms with van der Waals surface area (Å²) in [6.07, 6.45) is -2.85. The standard InChI is InChI=1S/C20H19ClF3N5O3/c21-17-13-5-11(10-1-2-10)6-14(20(22,23)24)29(13)26-18(17)19(32)27-3-4-28(16(31)9-27)12-7-15(30)25-8-12/h5-6,10,12H,1-4,7-9H2,(H,25,30). The largest absolute Gasteiger partial charge is 0.433 e. The molecule has 32 heavy (non-hydrogen) atoms. The molecule has 0 spiro atoms. The number of aromatic nitrogens is 2. The maximum Gasteiger partial charge on any atom is 0.433 e. The van der Waals surface area contributed by atoms with E-state index in [-0.39, 0.29) is 66.1 Å². The number of halogens is 4. The molecule has 0 bridgehead atoms. The van der Waals surface area contributed by atoms with Gasteiger partial charge in [0.2, 0.25) is 11.8 Å². The minimum absolute atomic E-state index is 0.0206. The average molecular weight is 470 g/mol. The second-order valence-electron chi connectivity index (χ2n) is 8.38. The van der Waals surface area contributed by atoms with E-state index in [9.17, 15) is 27.6 Å². The summed E-state index contributed by atoms with van der Waals surface area (Å²) in [6.45, 7) is 0.487. The highest BCUT2D eigenvalue weighted by atomic mass is 35.5. The number of pyridine rings is 1. The van der Waals surface area contributed by atoms with Crippen molar-refractivity contribution in [1.29, 1.82) is 0 Å². The van der Waals surface area contributed by atoms with Crippen molar-refractivity contribution in [3.05, 3.63) is 34.1 Å². The van der Waals surface area contributed by atoms with Gasteiger partial charge in [-0.15, -0.1) is 0 Å². The molecule has 2 saturated heterocycles. The molecular weight excluding hydrogens is 451 g/mol. The van der Waals surface area contributed by atoms with E-state index in [1.807, 2.05) is 0 Å². The Morgan fingerprint density at radius 2 is 1.94 bits per heavy atom. The molecular formula is C20H19ClF3N5O3. The van der Waals surface area contributed by atoms with Crippen LogP contribution in [0.1, 0.15) is 46.9 Å². The smallest absolute Gasteiger partial charge is 0.354 e. The number of alkyl halides is 3. The third kappa shape index (κ3) is 3.58. The van der Waals surface area contributed by atoms with Crippen LogP contribution in [0.15, 0.2) is 12.1 Å². The van der Waals surface area contributed by atoms with Crippen molar-refractivity contribution in [2.24, 2.45) is 0 Å². The fourth-order valence-corrected chi connectivity index (χ4v) is 4.59. The van der Waals surface area contributed by atoms with Gasteiger partial charge in [0.15, 0.2) is 5.69 Å². The first-order valence-corrected chi connectivity index (χ1v) is 10.7. The highest BCUT2D eigenvalue weighted by Crippen LogP contribution is 2.43. The SMILES string of the molecule is O=C1CC(N2CCN(C(=O)c3nn4c(C(F)(F)F)cc(C5CC5)cc4c3Cl)CC2=O)CN1. The Morgan fingerprint density at radius 1 is 1.19 bits per heavy atom. The number of nitrogens with one attached hydrogen (secondary N) is 1. The van der Waals surface area contributed by atoms with E-state index in [0.29, 0.717) is 16.6 Å². The van der Waals surface area contributed by atoms with Gasteiger partial charge >= 0.3 is 6.18 Å². The Kier molecular flexibility index (Phi) is 4.84. The summed E-state index contributed by atoms with van der Waals surface area (Å²) in [5.41, 5.74) is -0.761. The van der Waals surface area contributed by atoms with E-state index in [2.05, 4.69) is 10.4 Å². The molecule has 2 aromatic rings. The summed E-state index contributed by atoms with van der Waals surface area (Å²) in [5, 5.41) is 6.40. The minimum atomic E-state index is -4.67. The third-order valence-electron chi connectivity index (χ3n) is 6.18. The molecule has 1 saturated carbocycles. The normalized spacial score (nSPS) is 22.1. The van der Waals surface area contributed by atoms with E-state index in [1.54, 1.807) is 11.0 Å². The zero-order valence-corrected chi connectivity index (χ0v) is 17.5. The van der Waals surface area contributed by atoms with Crippen LogP contribution in [-0.4, -0.2) is 69.4 Å². The summed E-state index contributed by atoms with van der Waals surface area (Å²) < 4.78 is 41.7. The molecule has 1 N–H and O–H groups in total. The number of carbonyl (C=O) groups excluding carboxylic acids is 3. The number of hydrogen-bond acceptors (Lipinski definition) is 4. The molecule has 3 fully saturated rings. The molecule has 1 atom stereocenters. The van der Waals surface area contributed by atoms with Crippen LogP contribution in [0.25, 0.3) is 5.52 Å². The number of fused-ring (bicyclic) bond motifs is 1. The highest BCUT2D eigenvalue weighted by Gasteiger charge is 2.39. The van der Waals surface area contributed by atoms with Crippen LogP contribution in [0.4, 0.5) is 13.2 Å². The maximum absolute atomic E-state index is 13.7. The average Bonchev–Trinajstić information content (AvgIpc) is 3.42. The first-order valence-electron chi connectivity index (χ1n) is 10.3. The zero-order valence-electron chi connectivity index (χ0n) is 16.8. The Hall–Kier alpha value is -2.82. The minimum Gasteiger partial charge on any atom is -0.354 e. The number of rotatable bonds is 3. The molecule has 2 aromatic heterocycles. The third-order valence-corrected chi connectivity index (χ3v) is 6.55. The topological polar surface area (TPSA) is 87.0 Å². The van der Waals surface area contributed by atoms with E-state index in [4.69, 9.17) is 11.6 Å². The highest BCUT2D eigenvalue weighted by molar-refractivity contribution is 6.36. The lowest BCUT2D eigenvalue weighted by Crippen LogP contribution is -2.55. The number of carbonyl (C=O) groups is 3. The van der Waals surface area contributed by atoms with Gasteiger partial charge in [0.25, 0.3) is 5.91 Å². The molecule has 0 aromatic carbocycles. The van der Waals surface area contributed by atoms with E-state index in [0.717, 1.165) is 18.9 Å². The molecule has 2 aliphatic heterocycles. The Bertz CT molecular complexity index is 1140. The first-order chi connectivity index (χ1) is 15.1. The number of amides is 3. The van der Waals surface area contributed by atoms with Crippen LogP contribution in [0, 0.1) is 0 Å². The molecule has 1 aliphatic carbocycles. The second-order valence-corrected chi connectivity index (χ2v) is 8.76. The lowest BCUT2D eigenvalue weighted by molar-refractivity contribution is -0.142. The van der Waals surface area contributed by atoms with Crippen molar-refractivity contribution in [3.8, 4) is 0 Å². The fraction of sp³-hybridized carbons (Fsp3) is 0.500. The van der Waals surface area contributed by atoms with Crippen molar-refractivity contribution in [2.75, 3.05) is 26.2 Å². The molecule has 3 amide bonds. The lowest BCUT2D eigenvalue weighted by Gasteiger charge is -2.36. The quantitative estimate of drug-likeness (QED) is 0.745. The van der Waals surface area contributed by atoms with Crippen LogP contribution in [0.5, 0.6) is 0 Å². The van der Waals surface area contributed by atoms with Crippen molar-refractivity contribution >= 4 is 34.8 Å². The van der Waals surface area contributed by atoms with Crippen LogP contribution >= 0.6 is 11.6 Å². The van der Waals surface area contributed by atoms with Gasteiger partial charge in [0.1, 0.15) is 12.2 Å². The Morgan fingerprint density at radius 3 is 2.53 bits per heavy atom. The maximum atomic E-state index is 13.7. The first kappa shape index (κ1) is 21.0. The van der Waals surface area contributed by atoms with E-state index >= 15 is 0 Å². The van der Waals surface area contributed by atoms with Gasteiger partial charge in [-0.2, -0.15) is 18.3 Å². The van der Waals surface area contributed by atoms with Crippen LogP contribution in [-0.2, 0) is 15.8 Å². The Balaban J connectivity index is 1.43. The van der Waals surface area contributed by atoms with Gasteiger partial charge in [0, 0.05) is 26.1 Å². The van der Waals surface area contributed by atoms with Gasteiger partial charge < -0.3 is 15.1 Å². The molecule has 4 heterocycles. The summed E-state index contributed by atoms with van der Waals surface area (Å²) in [5.74, 6) is -1.12. The summed E-state index contributed by atoms with van der Waals surface area (Å²) in [7, 11) is 0. The number of nitrogens with zero attached hydrogens (tertiary/aromatic N) is 4. The summed E-state index contributed by atoms with van der Waals surface area (Å²) in [6, 6.07) is 2.34. The molecule has 3 aliphatic rings. The summed E-state index contributed by atoms with van der Waals surface area (Å²) in [4.78, 5) is 39.9. The molecule has 12 heteroatoms. The Labute approximate surface area is 185 Å². The van der Waals surface area contributed by atoms with Gasteiger partial charge in [-0.1, -0.05) is 11.6 Å². The van der Waals surface area contributed by atoms with Crippen molar-refractivity contribution in [3.63, 3.8) is 0 Å². The molecule has 8 nitrogen and oxygen atoms in total. The predicted octanol–water partition coefficient (Wildman–Crippen LogP) is 2.06. The van der Waals surface area contributed by atoms with Gasteiger partial charge in [-0.3, -0.25) is 14.4 Å². The monoisotopic (exact) mass is 469 g/mol. The zero-order chi connectivity index (χ0) is 22.8. The van der Waals surface area contributed by atoms with Crippen LogP contribution in [0.3, 0.4) is 0 Å². The van der Waals surface area contributed by atoms with Crippen molar-refractivity contribution < 1.29 is 27.6 Å². The second kappa shape index (κ2) is 7.36. The van der Waals surface area contributed by atoms with Gasteiger partial charge in [0.05, 0.1) is 16.6 Å². The van der Waals surface area contributed by atoms with Crippen LogP contribution < -0.4 is 5.32 Å². The molecule has 1 unspecified atom stereocenters. The molecule has 170 valence electrons. The van der Waals surface area contributed by atoms with Crippen LogP contribution in [0.2, 0.25) is 5.02 Å². The van der Waals surface area contributed by atoms with Gasteiger partial charge in [-0.25, -0.2) is 4.52 Å².